The molecule has 21 heavy (non-hydrogen) atoms. The third kappa shape index (κ3) is 4.01. The van der Waals surface area contributed by atoms with Crippen molar-refractivity contribution in [3.05, 3.63) is 46.3 Å². The van der Waals surface area contributed by atoms with Crippen LogP contribution in [0.5, 0.6) is 0 Å². The van der Waals surface area contributed by atoms with Gasteiger partial charge in [-0.15, -0.1) is 0 Å². The van der Waals surface area contributed by atoms with Gasteiger partial charge in [0.05, 0.1) is 10.2 Å². The summed E-state index contributed by atoms with van der Waals surface area (Å²) in [4.78, 5) is 20.8. The second kappa shape index (κ2) is 7.17. The molecule has 0 atom stereocenters. The van der Waals surface area contributed by atoms with Crippen molar-refractivity contribution in [3.8, 4) is 0 Å². The predicted molar refractivity (Wildman–Crippen MR) is 87.7 cm³/mol. The van der Waals surface area contributed by atoms with Crippen molar-refractivity contribution < 1.29 is 4.79 Å². The predicted octanol–water partition coefficient (Wildman–Crippen LogP) is 3.49. The summed E-state index contributed by atoms with van der Waals surface area (Å²) in [6.45, 7) is 2.08. The van der Waals surface area contributed by atoms with Crippen molar-refractivity contribution >= 4 is 33.3 Å². The number of hydrogen-bond acceptors (Lipinski definition) is 4. The van der Waals surface area contributed by atoms with Gasteiger partial charge in [0.15, 0.2) is 0 Å². The second-order valence-corrected chi connectivity index (χ2v) is 5.40. The highest BCUT2D eigenvalue weighted by Gasteiger charge is 2.11. The number of nitrogens with zero attached hydrogens (tertiary/aromatic N) is 2. The van der Waals surface area contributed by atoms with E-state index in [-0.39, 0.29) is 5.91 Å². The zero-order valence-corrected chi connectivity index (χ0v) is 13.6. The molecule has 0 saturated heterocycles. The van der Waals surface area contributed by atoms with Gasteiger partial charge in [-0.05, 0) is 40.5 Å². The average Bonchev–Trinajstić information content (AvgIpc) is 2.49. The van der Waals surface area contributed by atoms with Gasteiger partial charge in [0.2, 0.25) is 0 Å². The first-order chi connectivity index (χ1) is 10.1. The minimum Gasteiger partial charge on any atom is -0.373 e. The number of anilines is 2. The Kier molecular flexibility index (Phi) is 5.27. The summed E-state index contributed by atoms with van der Waals surface area (Å²) in [5.74, 6) is 0.526. The molecule has 0 spiro atoms. The largest absolute Gasteiger partial charge is 0.373 e. The van der Waals surface area contributed by atoms with E-state index in [0.29, 0.717) is 17.1 Å². The van der Waals surface area contributed by atoms with Gasteiger partial charge in [-0.1, -0.05) is 13.3 Å². The molecule has 0 aliphatic carbocycles. The number of carbonyl (C=O) groups is 1. The number of aromatic nitrogens is 2. The van der Waals surface area contributed by atoms with E-state index < -0.39 is 0 Å². The van der Waals surface area contributed by atoms with Gasteiger partial charge in [-0.2, -0.15) is 0 Å². The van der Waals surface area contributed by atoms with Crippen LogP contribution in [0.4, 0.5) is 11.5 Å². The summed E-state index contributed by atoms with van der Waals surface area (Å²) in [6, 6.07) is 5.31. The molecule has 0 aliphatic rings. The lowest BCUT2D eigenvalue weighted by atomic mass is 10.1. The molecule has 1 amide bonds. The van der Waals surface area contributed by atoms with Crippen LogP contribution in [0, 0.1) is 0 Å². The Balaban J connectivity index is 2.26. The molecule has 0 radical (unpaired) electrons. The quantitative estimate of drug-likeness (QED) is 0.867. The zero-order chi connectivity index (χ0) is 15.2. The Bertz CT molecular complexity index is 645. The molecular weight excluding hydrogens is 332 g/mol. The highest BCUT2D eigenvalue weighted by molar-refractivity contribution is 9.10. The number of pyridine rings is 2. The van der Waals surface area contributed by atoms with Crippen LogP contribution >= 0.6 is 15.9 Å². The third-order valence-electron chi connectivity index (χ3n) is 2.92. The fraction of sp³-hybridized carbons (Fsp3) is 0.267. The Hall–Kier alpha value is -1.95. The van der Waals surface area contributed by atoms with E-state index in [1.54, 1.807) is 31.6 Å². The highest BCUT2D eigenvalue weighted by atomic mass is 79.9. The molecule has 0 bridgehead atoms. The summed E-state index contributed by atoms with van der Waals surface area (Å²) in [6.07, 6.45) is 5.10. The smallest absolute Gasteiger partial charge is 0.255 e. The van der Waals surface area contributed by atoms with Crippen LogP contribution in [-0.4, -0.2) is 22.9 Å². The standard InChI is InChI=1S/C15H17BrN4O/c1-3-4-11-7-10(8-14(17-2)19-11)15(21)20-13-5-6-18-9-12(13)16/h5-9H,3-4H2,1-2H3,(H,17,19)(H,18,20,21). The number of carbonyl (C=O) groups excluding carboxylic acids is 1. The summed E-state index contributed by atoms with van der Waals surface area (Å²) in [5.41, 5.74) is 2.18. The van der Waals surface area contributed by atoms with Crippen molar-refractivity contribution in [2.45, 2.75) is 19.8 Å². The molecule has 0 saturated carbocycles. The number of amides is 1. The Labute approximate surface area is 132 Å². The van der Waals surface area contributed by atoms with E-state index in [0.717, 1.165) is 23.0 Å². The molecule has 2 aromatic heterocycles. The van der Waals surface area contributed by atoms with Crippen molar-refractivity contribution in [1.82, 2.24) is 9.97 Å². The van der Waals surface area contributed by atoms with Crippen LogP contribution in [0.25, 0.3) is 0 Å². The van der Waals surface area contributed by atoms with Gasteiger partial charge in [-0.3, -0.25) is 9.78 Å². The zero-order valence-electron chi connectivity index (χ0n) is 12.0. The molecule has 0 unspecified atom stereocenters. The molecule has 2 heterocycles. The summed E-state index contributed by atoms with van der Waals surface area (Å²) >= 11 is 3.36. The summed E-state index contributed by atoms with van der Waals surface area (Å²) in [5, 5.41) is 5.85. The van der Waals surface area contributed by atoms with E-state index in [1.807, 2.05) is 6.07 Å². The Morgan fingerprint density at radius 1 is 1.38 bits per heavy atom. The van der Waals surface area contributed by atoms with Gasteiger partial charge in [0, 0.05) is 30.7 Å². The van der Waals surface area contributed by atoms with Crippen molar-refractivity contribution in [2.24, 2.45) is 0 Å². The summed E-state index contributed by atoms with van der Waals surface area (Å²) in [7, 11) is 1.79. The maximum Gasteiger partial charge on any atom is 0.255 e. The van der Waals surface area contributed by atoms with Crippen LogP contribution in [-0.2, 0) is 6.42 Å². The number of nitrogens with one attached hydrogen (secondary N) is 2. The molecule has 0 aliphatic heterocycles. The van der Waals surface area contributed by atoms with E-state index in [9.17, 15) is 4.79 Å². The number of rotatable bonds is 5. The first kappa shape index (κ1) is 15.4. The highest BCUT2D eigenvalue weighted by Crippen LogP contribution is 2.21. The molecule has 6 heteroatoms. The SMILES string of the molecule is CCCc1cc(C(=O)Nc2ccncc2Br)cc(NC)n1. The van der Waals surface area contributed by atoms with Crippen LogP contribution in [0.3, 0.4) is 0 Å². The van der Waals surface area contributed by atoms with Crippen molar-refractivity contribution in [1.29, 1.82) is 0 Å². The minimum absolute atomic E-state index is 0.168. The molecule has 0 fully saturated rings. The maximum atomic E-state index is 12.4. The third-order valence-corrected chi connectivity index (χ3v) is 3.56. The van der Waals surface area contributed by atoms with Gasteiger partial charge < -0.3 is 10.6 Å². The van der Waals surface area contributed by atoms with E-state index in [2.05, 4.69) is 43.5 Å². The van der Waals surface area contributed by atoms with Crippen LogP contribution in [0.2, 0.25) is 0 Å². The van der Waals surface area contributed by atoms with E-state index in [1.165, 1.54) is 0 Å². The maximum absolute atomic E-state index is 12.4. The van der Waals surface area contributed by atoms with E-state index >= 15 is 0 Å². The lowest BCUT2D eigenvalue weighted by Gasteiger charge is -2.10. The molecule has 2 rings (SSSR count). The number of aryl methyl sites for hydroxylation is 1. The number of hydrogen-bond donors (Lipinski definition) is 2. The number of halogens is 1. The lowest BCUT2D eigenvalue weighted by Crippen LogP contribution is -2.14. The van der Waals surface area contributed by atoms with Crippen molar-refractivity contribution in [3.63, 3.8) is 0 Å². The molecule has 2 aromatic rings. The molecule has 5 nitrogen and oxygen atoms in total. The van der Waals surface area contributed by atoms with Gasteiger partial charge in [0.25, 0.3) is 5.91 Å². The second-order valence-electron chi connectivity index (χ2n) is 4.54. The fourth-order valence-corrected chi connectivity index (χ4v) is 2.25. The minimum atomic E-state index is -0.168. The Morgan fingerprint density at radius 3 is 2.86 bits per heavy atom. The Morgan fingerprint density at radius 2 is 2.19 bits per heavy atom. The van der Waals surface area contributed by atoms with Crippen LogP contribution in [0.1, 0.15) is 29.4 Å². The van der Waals surface area contributed by atoms with Gasteiger partial charge >= 0.3 is 0 Å². The van der Waals surface area contributed by atoms with Crippen LogP contribution < -0.4 is 10.6 Å². The average molecular weight is 349 g/mol. The van der Waals surface area contributed by atoms with Crippen LogP contribution in [0.15, 0.2) is 35.1 Å². The van der Waals surface area contributed by atoms with Gasteiger partial charge in [0.1, 0.15) is 5.82 Å². The monoisotopic (exact) mass is 348 g/mol. The molecule has 2 N–H and O–H groups in total. The first-order valence-electron chi connectivity index (χ1n) is 6.73. The fourth-order valence-electron chi connectivity index (χ4n) is 1.90. The molecule has 0 aromatic carbocycles. The normalized spacial score (nSPS) is 10.2. The van der Waals surface area contributed by atoms with Gasteiger partial charge in [-0.25, -0.2) is 4.98 Å². The lowest BCUT2D eigenvalue weighted by molar-refractivity contribution is 0.102. The molecule has 110 valence electrons. The van der Waals surface area contributed by atoms with E-state index in [4.69, 9.17) is 0 Å². The van der Waals surface area contributed by atoms with Crippen molar-refractivity contribution in [2.75, 3.05) is 17.7 Å². The topological polar surface area (TPSA) is 66.9 Å². The molecular formula is C15H17BrN4O. The summed E-state index contributed by atoms with van der Waals surface area (Å²) < 4.78 is 0.745. The first-order valence-corrected chi connectivity index (χ1v) is 7.53.